The Morgan fingerprint density at radius 1 is 0.681 bits per heavy atom. The van der Waals surface area contributed by atoms with Crippen LogP contribution in [0.4, 0.5) is 5.69 Å². The van der Waals surface area contributed by atoms with Crippen molar-refractivity contribution in [2.45, 2.75) is 22.1 Å². The van der Waals surface area contributed by atoms with Crippen molar-refractivity contribution in [3.8, 4) is 0 Å². The molecule has 4 nitrogen and oxygen atoms in total. The molecule has 3 atom stereocenters. The number of para-hydroxylation sites is 1. The fraction of sp³-hybridized carbons (Fsp3) is 0.0714. The van der Waals surface area contributed by atoms with Crippen molar-refractivity contribution in [2.75, 3.05) is 0 Å². The lowest BCUT2D eigenvalue weighted by Gasteiger charge is -2.26. The van der Waals surface area contributed by atoms with Crippen LogP contribution >= 0.6 is 11.8 Å². The molecule has 0 bridgehead atoms. The highest BCUT2D eigenvalue weighted by Gasteiger charge is 2.38. The number of allylic oxidation sites excluding steroid dienone is 3. The highest BCUT2D eigenvalue weighted by atomic mass is 32.2. The number of benzene rings is 6. The van der Waals surface area contributed by atoms with E-state index < -0.39 is 0 Å². The van der Waals surface area contributed by atoms with E-state index >= 15 is 0 Å². The van der Waals surface area contributed by atoms with Crippen molar-refractivity contribution in [3.63, 3.8) is 0 Å². The molecular weight excluding hydrogens is 595 g/mol. The Morgan fingerprint density at radius 3 is 2.32 bits per heavy atom. The van der Waals surface area contributed by atoms with Gasteiger partial charge >= 0.3 is 0 Å². The fourth-order valence-electron chi connectivity index (χ4n) is 8.14. The third-order valence-corrected chi connectivity index (χ3v) is 11.6. The minimum Gasteiger partial charge on any atom is -0.455 e. The van der Waals surface area contributed by atoms with Gasteiger partial charge in [0.05, 0.1) is 11.0 Å². The number of hydrogen-bond acceptors (Lipinski definition) is 4. The highest BCUT2D eigenvalue weighted by molar-refractivity contribution is 8.00. The molecule has 0 saturated carbocycles. The van der Waals surface area contributed by atoms with Gasteiger partial charge in [-0.05, 0) is 34.0 Å². The minimum atomic E-state index is -0.215. The van der Waals surface area contributed by atoms with E-state index in [2.05, 4.69) is 149 Å². The number of hydrogen-bond donors (Lipinski definition) is 1. The molecule has 11 rings (SSSR count). The molecule has 6 aromatic carbocycles. The topological polar surface area (TPSA) is 42.5 Å². The van der Waals surface area contributed by atoms with Gasteiger partial charge in [-0.2, -0.15) is 0 Å². The lowest BCUT2D eigenvalue weighted by atomic mass is 9.87. The predicted octanol–water partition coefficient (Wildman–Crippen LogP) is 10.8. The molecular formula is C42H27N3OS. The molecule has 8 aromatic rings. The third-order valence-electron chi connectivity index (χ3n) is 10.2. The van der Waals surface area contributed by atoms with Crippen LogP contribution in [0.25, 0.3) is 54.3 Å². The normalized spacial score (nSPS) is 19.7. The van der Waals surface area contributed by atoms with Gasteiger partial charge in [0, 0.05) is 43.0 Å². The summed E-state index contributed by atoms with van der Waals surface area (Å²) in [5, 5.41) is 12.7. The van der Waals surface area contributed by atoms with Crippen molar-refractivity contribution in [2.24, 2.45) is 4.99 Å². The molecule has 0 radical (unpaired) electrons. The second kappa shape index (κ2) is 9.50. The van der Waals surface area contributed by atoms with Crippen molar-refractivity contribution in [3.05, 3.63) is 156 Å². The highest BCUT2D eigenvalue weighted by Crippen LogP contribution is 2.56. The summed E-state index contributed by atoms with van der Waals surface area (Å²) in [4.78, 5) is 6.89. The summed E-state index contributed by atoms with van der Waals surface area (Å²) in [7, 11) is 0. The third kappa shape index (κ3) is 3.47. The second-order valence-electron chi connectivity index (χ2n) is 12.6. The van der Waals surface area contributed by atoms with Crippen molar-refractivity contribution >= 4 is 77.7 Å². The van der Waals surface area contributed by atoms with Crippen molar-refractivity contribution in [1.29, 1.82) is 0 Å². The van der Waals surface area contributed by atoms with Crippen LogP contribution in [0, 0.1) is 0 Å². The molecule has 2 aliphatic heterocycles. The minimum absolute atomic E-state index is 0.215. The summed E-state index contributed by atoms with van der Waals surface area (Å²) in [6, 6.07) is 40.9. The van der Waals surface area contributed by atoms with Gasteiger partial charge in [-0.15, -0.1) is 11.8 Å². The number of aromatic nitrogens is 1. The number of nitrogens with zero attached hydrogens (tertiary/aromatic N) is 2. The smallest absolute Gasteiger partial charge is 0.209 e. The van der Waals surface area contributed by atoms with Gasteiger partial charge in [-0.3, -0.25) is 4.57 Å². The van der Waals surface area contributed by atoms with Gasteiger partial charge in [-0.1, -0.05) is 127 Å². The fourth-order valence-corrected chi connectivity index (χ4v) is 9.63. The van der Waals surface area contributed by atoms with Crippen LogP contribution in [0.3, 0.4) is 0 Å². The zero-order valence-electron chi connectivity index (χ0n) is 25.2. The summed E-state index contributed by atoms with van der Waals surface area (Å²) >= 11 is 2.00. The lowest BCUT2D eigenvalue weighted by Crippen LogP contribution is -2.36. The van der Waals surface area contributed by atoms with E-state index in [9.17, 15) is 0 Å². The summed E-state index contributed by atoms with van der Waals surface area (Å²) < 4.78 is 9.19. The number of nitrogens with one attached hydrogen (secondary N) is 1. The predicted molar refractivity (Wildman–Crippen MR) is 195 cm³/mol. The standard InChI is InChI=1S/C42H27N3OS/c1-2-13-25(14-3-1)36-40-37(31-23-22-24-12-4-5-15-26(24)39(31)46-40)44-42(43-36)45-32-20-10-8-18-29(32)34-35-30-19-9-11-21-33(30)47-41(35)28-17-7-6-16-27(28)38(34)45/h1-23,30,33,36H,(H,43,44). The van der Waals surface area contributed by atoms with Gasteiger partial charge in [0.25, 0.3) is 0 Å². The first kappa shape index (κ1) is 25.6. The van der Waals surface area contributed by atoms with Crippen LogP contribution in [0.5, 0.6) is 0 Å². The van der Waals surface area contributed by atoms with Gasteiger partial charge < -0.3 is 9.73 Å². The van der Waals surface area contributed by atoms with Gasteiger partial charge in [0.1, 0.15) is 17.3 Å². The average Bonchev–Trinajstić information content (AvgIpc) is 3.82. The Balaban J connectivity index is 1.27. The molecule has 47 heavy (non-hydrogen) atoms. The molecule has 2 aromatic heterocycles. The SMILES string of the molecule is C1=CC2Sc3c(c4c5ccccc5n(C5=Nc6c(oc7c6ccc6ccccc67)C(c6ccccc6)N5)c4c4ccccc34)C2C=C1. The molecule has 4 heterocycles. The Kier molecular flexibility index (Phi) is 5.19. The van der Waals surface area contributed by atoms with E-state index in [1.54, 1.807) is 0 Å². The van der Waals surface area contributed by atoms with Gasteiger partial charge in [0.15, 0.2) is 5.76 Å². The molecule has 1 aliphatic carbocycles. The molecule has 222 valence electrons. The molecule has 3 unspecified atom stereocenters. The summed E-state index contributed by atoms with van der Waals surface area (Å²) in [6.07, 6.45) is 9.16. The van der Waals surface area contributed by atoms with E-state index in [0.29, 0.717) is 11.2 Å². The Morgan fingerprint density at radius 2 is 1.43 bits per heavy atom. The van der Waals surface area contributed by atoms with Crippen LogP contribution in [0.15, 0.2) is 154 Å². The van der Waals surface area contributed by atoms with E-state index in [1.165, 1.54) is 37.5 Å². The Labute approximate surface area is 274 Å². The second-order valence-corrected chi connectivity index (χ2v) is 13.8. The van der Waals surface area contributed by atoms with Crippen LogP contribution in [0.2, 0.25) is 0 Å². The summed E-state index contributed by atoms with van der Waals surface area (Å²) in [5.41, 5.74) is 6.68. The first-order valence-corrected chi connectivity index (χ1v) is 17.1. The monoisotopic (exact) mass is 621 g/mol. The van der Waals surface area contributed by atoms with E-state index in [-0.39, 0.29) is 6.04 Å². The largest absolute Gasteiger partial charge is 0.455 e. The Hall–Kier alpha value is -5.52. The maximum absolute atomic E-state index is 6.81. The molecule has 0 amide bonds. The average molecular weight is 622 g/mol. The summed E-state index contributed by atoms with van der Waals surface area (Å²) in [6.45, 7) is 0. The maximum atomic E-state index is 6.81. The first-order chi connectivity index (χ1) is 23.3. The van der Waals surface area contributed by atoms with Crippen molar-refractivity contribution in [1.82, 2.24) is 9.88 Å². The molecule has 1 N–H and O–H groups in total. The van der Waals surface area contributed by atoms with Gasteiger partial charge in [-0.25, -0.2) is 4.99 Å². The van der Waals surface area contributed by atoms with Crippen LogP contribution < -0.4 is 5.32 Å². The maximum Gasteiger partial charge on any atom is 0.209 e. The van der Waals surface area contributed by atoms with E-state index in [0.717, 1.165) is 50.2 Å². The van der Waals surface area contributed by atoms with Crippen LogP contribution in [-0.2, 0) is 0 Å². The zero-order valence-corrected chi connectivity index (χ0v) is 26.0. The zero-order chi connectivity index (χ0) is 30.6. The van der Waals surface area contributed by atoms with Crippen molar-refractivity contribution < 1.29 is 4.42 Å². The molecule has 0 saturated heterocycles. The number of rotatable bonds is 1. The lowest BCUT2D eigenvalue weighted by molar-refractivity contribution is 0.503. The quantitative estimate of drug-likeness (QED) is 0.198. The van der Waals surface area contributed by atoms with Crippen LogP contribution in [-0.4, -0.2) is 15.8 Å². The number of aliphatic imine (C=N–C) groups is 1. The number of fused-ring (bicyclic) bond motifs is 15. The molecule has 3 aliphatic rings. The molecule has 0 fully saturated rings. The first-order valence-electron chi connectivity index (χ1n) is 16.2. The summed E-state index contributed by atoms with van der Waals surface area (Å²) in [5.74, 6) is 1.97. The van der Waals surface area contributed by atoms with E-state index in [4.69, 9.17) is 9.41 Å². The van der Waals surface area contributed by atoms with Crippen LogP contribution in [0.1, 0.15) is 28.8 Å². The van der Waals surface area contributed by atoms with E-state index in [1.807, 2.05) is 11.8 Å². The molecule has 0 spiro atoms. The molecule has 5 heteroatoms. The number of furan rings is 1. The number of thioether (sulfide) groups is 1. The van der Waals surface area contributed by atoms with Gasteiger partial charge in [0.2, 0.25) is 5.96 Å². The Bertz CT molecular complexity index is 2710.